The van der Waals surface area contributed by atoms with Gasteiger partial charge >= 0.3 is 0 Å². The van der Waals surface area contributed by atoms with Crippen LogP contribution in [0.4, 0.5) is 0 Å². The van der Waals surface area contributed by atoms with Crippen molar-refractivity contribution in [3.63, 3.8) is 0 Å². The van der Waals surface area contributed by atoms with Gasteiger partial charge in [-0.2, -0.15) is 4.31 Å². The zero-order chi connectivity index (χ0) is 17.2. The van der Waals surface area contributed by atoms with E-state index in [0.717, 1.165) is 26.1 Å². The van der Waals surface area contributed by atoms with Gasteiger partial charge in [0.1, 0.15) is 16.4 Å². The first-order valence-corrected chi connectivity index (χ1v) is 9.59. The lowest BCUT2D eigenvalue weighted by Crippen LogP contribution is -2.49. The molecule has 3 heterocycles. The summed E-state index contributed by atoms with van der Waals surface area (Å²) >= 11 is 0. The van der Waals surface area contributed by atoms with Crippen LogP contribution in [-0.2, 0) is 16.4 Å². The topological polar surface area (TPSA) is 66.7 Å². The van der Waals surface area contributed by atoms with Gasteiger partial charge in [-0.05, 0) is 44.0 Å². The number of pyridine rings is 1. The van der Waals surface area contributed by atoms with Gasteiger partial charge in [-0.3, -0.25) is 4.98 Å². The summed E-state index contributed by atoms with van der Waals surface area (Å²) in [4.78, 5) is 6.62. The average molecular weight is 349 g/mol. The minimum absolute atomic E-state index is 0.297. The molecule has 0 unspecified atom stereocenters. The number of aromatic nitrogens is 1. The molecule has 3 rings (SSSR count). The summed E-state index contributed by atoms with van der Waals surface area (Å²) in [5, 5.41) is 0. The van der Waals surface area contributed by atoms with Gasteiger partial charge in [-0.1, -0.05) is 0 Å². The maximum Gasteiger partial charge on any atom is 0.246 e. The van der Waals surface area contributed by atoms with Crippen LogP contribution in [0, 0.1) is 13.8 Å². The van der Waals surface area contributed by atoms with Crippen LogP contribution in [0.5, 0.6) is 0 Å². The fraction of sp³-hybridized carbons (Fsp3) is 0.471. The van der Waals surface area contributed by atoms with Crippen molar-refractivity contribution in [3.8, 4) is 0 Å². The second-order valence-corrected chi connectivity index (χ2v) is 8.04. The summed E-state index contributed by atoms with van der Waals surface area (Å²) < 4.78 is 32.4. The second-order valence-electron chi connectivity index (χ2n) is 6.13. The molecule has 1 aliphatic rings. The molecule has 1 saturated heterocycles. The molecule has 0 bridgehead atoms. The largest absolute Gasteiger partial charge is 0.465 e. The number of rotatable bonds is 5. The van der Waals surface area contributed by atoms with Crippen LogP contribution < -0.4 is 0 Å². The molecule has 0 amide bonds. The molecule has 2 aromatic heterocycles. The molecule has 24 heavy (non-hydrogen) atoms. The molecule has 130 valence electrons. The summed E-state index contributed by atoms with van der Waals surface area (Å²) in [6.07, 6.45) is 4.56. The highest BCUT2D eigenvalue weighted by molar-refractivity contribution is 7.89. The van der Waals surface area contributed by atoms with Gasteiger partial charge in [0.15, 0.2) is 0 Å². The Morgan fingerprint density at radius 1 is 1.12 bits per heavy atom. The van der Waals surface area contributed by atoms with Crippen LogP contribution >= 0.6 is 0 Å². The van der Waals surface area contributed by atoms with Gasteiger partial charge < -0.3 is 9.32 Å². The van der Waals surface area contributed by atoms with Crippen LogP contribution in [0.15, 0.2) is 39.9 Å². The van der Waals surface area contributed by atoms with Gasteiger partial charge in [0, 0.05) is 45.1 Å². The van der Waals surface area contributed by atoms with Crippen LogP contribution in [-0.4, -0.2) is 55.3 Å². The first-order chi connectivity index (χ1) is 11.5. The number of sulfonamides is 1. The van der Waals surface area contributed by atoms with E-state index < -0.39 is 10.0 Å². The number of piperazine rings is 1. The third-order valence-electron chi connectivity index (χ3n) is 4.41. The number of nitrogens with zero attached hydrogens (tertiary/aromatic N) is 3. The third kappa shape index (κ3) is 3.68. The Kier molecular flexibility index (Phi) is 5.03. The van der Waals surface area contributed by atoms with Crippen molar-refractivity contribution < 1.29 is 12.8 Å². The van der Waals surface area contributed by atoms with E-state index in [2.05, 4.69) is 9.88 Å². The summed E-state index contributed by atoms with van der Waals surface area (Å²) in [6, 6.07) is 5.65. The number of aryl methyl sites for hydroxylation is 2. The van der Waals surface area contributed by atoms with E-state index >= 15 is 0 Å². The van der Waals surface area contributed by atoms with E-state index in [1.165, 1.54) is 5.56 Å². The highest BCUT2D eigenvalue weighted by atomic mass is 32.2. The third-order valence-corrected chi connectivity index (χ3v) is 6.42. The maximum atomic E-state index is 12.7. The van der Waals surface area contributed by atoms with Crippen molar-refractivity contribution >= 4 is 10.0 Å². The standard InChI is InChI=1S/C17H23N3O3S/c1-14-13-17(15(2)23-14)24(21,22)20-11-9-19(10-12-20)8-5-16-3-6-18-7-4-16/h3-4,6-7,13H,5,8-12H2,1-2H3. The van der Waals surface area contributed by atoms with Crippen LogP contribution in [0.3, 0.4) is 0 Å². The number of hydrogen-bond acceptors (Lipinski definition) is 5. The van der Waals surface area contributed by atoms with Crippen LogP contribution in [0.2, 0.25) is 0 Å². The van der Waals surface area contributed by atoms with E-state index in [1.54, 1.807) is 36.6 Å². The van der Waals surface area contributed by atoms with Gasteiger partial charge in [-0.25, -0.2) is 8.42 Å². The zero-order valence-corrected chi connectivity index (χ0v) is 14.9. The Morgan fingerprint density at radius 3 is 2.38 bits per heavy atom. The quantitative estimate of drug-likeness (QED) is 0.824. The Bertz CT molecular complexity index is 779. The monoisotopic (exact) mass is 349 g/mol. The minimum Gasteiger partial charge on any atom is -0.465 e. The highest BCUT2D eigenvalue weighted by Gasteiger charge is 2.31. The lowest BCUT2D eigenvalue weighted by molar-refractivity contribution is 0.190. The van der Waals surface area contributed by atoms with Crippen molar-refractivity contribution in [2.45, 2.75) is 25.2 Å². The van der Waals surface area contributed by atoms with Crippen molar-refractivity contribution in [2.24, 2.45) is 0 Å². The van der Waals surface area contributed by atoms with Gasteiger partial charge in [-0.15, -0.1) is 0 Å². The van der Waals surface area contributed by atoms with Crippen molar-refractivity contribution in [1.82, 2.24) is 14.2 Å². The van der Waals surface area contributed by atoms with Gasteiger partial charge in [0.25, 0.3) is 0 Å². The molecule has 0 N–H and O–H groups in total. The summed E-state index contributed by atoms with van der Waals surface area (Å²) in [7, 11) is -3.46. The molecule has 0 radical (unpaired) electrons. The van der Waals surface area contributed by atoms with E-state index in [9.17, 15) is 8.42 Å². The normalized spacial score (nSPS) is 17.2. The molecule has 0 aromatic carbocycles. The first kappa shape index (κ1) is 17.1. The SMILES string of the molecule is Cc1cc(S(=O)(=O)N2CCN(CCc3ccncc3)CC2)c(C)o1. The van der Waals surface area contributed by atoms with Crippen molar-refractivity contribution in [1.29, 1.82) is 0 Å². The summed E-state index contributed by atoms with van der Waals surface area (Å²) in [5.41, 5.74) is 1.25. The predicted octanol–water partition coefficient (Wildman–Crippen LogP) is 1.84. The lowest BCUT2D eigenvalue weighted by Gasteiger charge is -2.33. The molecule has 0 spiro atoms. The minimum atomic E-state index is -3.46. The van der Waals surface area contributed by atoms with Gasteiger partial charge in [0.05, 0.1) is 0 Å². The smallest absolute Gasteiger partial charge is 0.246 e. The zero-order valence-electron chi connectivity index (χ0n) is 14.1. The molecule has 0 aliphatic carbocycles. The lowest BCUT2D eigenvalue weighted by atomic mass is 10.2. The molecular formula is C17H23N3O3S. The molecule has 0 saturated carbocycles. The van der Waals surface area contributed by atoms with E-state index in [0.29, 0.717) is 29.5 Å². The Hall–Kier alpha value is -1.70. The molecular weight excluding hydrogens is 326 g/mol. The number of furan rings is 1. The van der Waals surface area contributed by atoms with Crippen LogP contribution in [0.1, 0.15) is 17.1 Å². The fourth-order valence-corrected chi connectivity index (χ4v) is 4.67. The molecule has 0 atom stereocenters. The molecule has 6 nitrogen and oxygen atoms in total. The second kappa shape index (κ2) is 7.04. The summed E-state index contributed by atoms with van der Waals surface area (Å²) in [6.45, 7) is 6.93. The number of hydrogen-bond donors (Lipinski definition) is 0. The van der Waals surface area contributed by atoms with Crippen LogP contribution in [0.25, 0.3) is 0 Å². The Balaban J connectivity index is 1.57. The Labute approximate surface area is 143 Å². The Morgan fingerprint density at radius 2 is 1.79 bits per heavy atom. The summed E-state index contributed by atoms with van der Waals surface area (Å²) in [5.74, 6) is 1.09. The molecule has 1 aliphatic heterocycles. The van der Waals surface area contributed by atoms with E-state index in [-0.39, 0.29) is 0 Å². The van der Waals surface area contributed by atoms with Crippen molar-refractivity contribution in [3.05, 3.63) is 47.7 Å². The van der Waals surface area contributed by atoms with E-state index in [4.69, 9.17) is 4.42 Å². The predicted molar refractivity (Wildman–Crippen MR) is 91.3 cm³/mol. The van der Waals surface area contributed by atoms with E-state index in [1.807, 2.05) is 12.1 Å². The molecule has 7 heteroatoms. The first-order valence-electron chi connectivity index (χ1n) is 8.15. The molecule has 1 fully saturated rings. The van der Waals surface area contributed by atoms with Gasteiger partial charge in [0.2, 0.25) is 10.0 Å². The van der Waals surface area contributed by atoms with Crippen molar-refractivity contribution in [2.75, 3.05) is 32.7 Å². The fourth-order valence-electron chi connectivity index (χ4n) is 3.03. The average Bonchev–Trinajstić information content (AvgIpc) is 2.93. The highest BCUT2D eigenvalue weighted by Crippen LogP contribution is 2.24. The maximum absolute atomic E-state index is 12.7. The molecule has 2 aromatic rings.